The van der Waals surface area contributed by atoms with E-state index in [9.17, 15) is 14.9 Å². The Morgan fingerprint density at radius 3 is 2.95 bits per heavy atom. The van der Waals surface area contributed by atoms with E-state index < -0.39 is 11.0 Å². The molecule has 0 aromatic heterocycles. The molecule has 0 bridgehead atoms. The lowest BCUT2D eigenvalue weighted by atomic mass is 10.1. The first kappa shape index (κ1) is 13.8. The number of nitro benzene ring substituents is 1. The first-order valence-electron chi connectivity index (χ1n) is 6.11. The Kier molecular flexibility index (Phi) is 3.84. The molecule has 1 fully saturated rings. The number of hydrogen-bond donors (Lipinski definition) is 0. The molecule has 0 saturated carbocycles. The lowest BCUT2D eigenvalue weighted by molar-refractivity contribution is -0.384. The largest absolute Gasteiger partial charge is 0.467 e. The number of hydrogen-bond acceptors (Lipinski definition) is 6. The summed E-state index contributed by atoms with van der Waals surface area (Å²) < 4.78 is 4.75. The van der Waals surface area contributed by atoms with Gasteiger partial charge >= 0.3 is 5.97 Å². The van der Waals surface area contributed by atoms with Crippen LogP contribution in [0.25, 0.3) is 0 Å². The summed E-state index contributed by atoms with van der Waals surface area (Å²) in [4.78, 5) is 23.7. The first-order chi connectivity index (χ1) is 9.58. The number of rotatable bonds is 3. The zero-order chi connectivity index (χ0) is 14.7. The fourth-order valence-electron chi connectivity index (χ4n) is 2.41. The summed E-state index contributed by atoms with van der Waals surface area (Å²) >= 11 is 0. The van der Waals surface area contributed by atoms with Crippen LogP contribution in [0.5, 0.6) is 0 Å². The predicted octanol–water partition coefficient (Wildman–Crippen LogP) is 1.61. The van der Waals surface area contributed by atoms with Gasteiger partial charge in [0.2, 0.25) is 0 Å². The Bertz CT molecular complexity index is 594. The van der Waals surface area contributed by atoms with Crippen molar-refractivity contribution in [1.29, 1.82) is 5.26 Å². The summed E-state index contributed by atoms with van der Waals surface area (Å²) in [6.45, 7) is 0.617. The number of ether oxygens (including phenoxy) is 1. The standard InChI is InChI=1S/C13H13N3O4/c1-20-13(17)12-3-2-6-15(12)11-5-4-10(16(18)19)7-9(11)8-14/h4-5,7,12H,2-3,6H2,1H3. The molecule has 104 valence electrons. The second-order valence-electron chi connectivity index (χ2n) is 4.44. The molecule has 1 aromatic rings. The van der Waals surface area contributed by atoms with Gasteiger partial charge in [0.25, 0.3) is 5.69 Å². The summed E-state index contributed by atoms with van der Waals surface area (Å²) in [5.41, 5.74) is 0.583. The maximum atomic E-state index is 11.7. The summed E-state index contributed by atoms with van der Waals surface area (Å²) in [5, 5.41) is 19.9. The monoisotopic (exact) mass is 275 g/mol. The molecule has 0 amide bonds. The minimum atomic E-state index is -0.549. The number of esters is 1. The van der Waals surface area contributed by atoms with Crippen molar-refractivity contribution in [2.45, 2.75) is 18.9 Å². The molecule has 0 N–H and O–H groups in total. The molecule has 1 aromatic carbocycles. The van der Waals surface area contributed by atoms with Crippen molar-refractivity contribution in [3.05, 3.63) is 33.9 Å². The van der Waals surface area contributed by atoms with Gasteiger partial charge in [0.15, 0.2) is 0 Å². The van der Waals surface area contributed by atoms with Crippen LogP contribution >= 0.6 is 0 Å². The van der Waals surface area contributed by atoms with Gasteiger partial charge in [0, 0.05) is 18.7 Å². The summed E-state index contributed by atoms with van der Waals surface area (Å²) in [7, 11) is 1.32. The molecule has 1 aliphatic rings. The number of nitro groups is 1. The van der Waals surface area contributed by atoms with Gasteiger partial charge < -0.3 is 9.64 Å². The summed E-state index contributed by atoms with van der Waals surface area (Å²) in [6, 6.07) is 5.58. The van der Waals surface area contributed by atoms with Crippen LogP contribution in [0.4, 0.5) is 11.4 Å². The Morgan fingerprint density at radius 1 is 1.60 bits per heavy atom. The molecule has 0 aliphatic carbocycles. The van der Waals surface area contributed by atoms with Crippen LogP contribution in [-0.4, -0.2) is 30.6 Å². The lowest BCUT2D eigenvalue weighted by Gasteiger charge is -2.25. The quantitative estimate of drug-likeness (QED) is 0.472. The highest BCUT2D eigenvalue weighted by Gasteiger charge is 2.33. The van der Waals surface area contributed by atoms with Gasteiger partial charge in [-0.25, -0.2) is 4.79 Å². The molecule has 20 heavy (non-hydrogen) atoms. The number of nitrogens with zero attached hydrogens (tertiary/aromatic N) is 3. The Morgan fingerprint density at radius 2 is 2.35 bits per heavy atom. The number of anilines is 1. The van der Waals surface area contributed by atoms with Crippen LogP contribution in [-0.2, 0) is 9.53 Å². The number of carbonyl (C=O) groups excluding carboxylic acids is 1. The highest BCUT2D eigenvalue weighted by Crippen LogP contribution is 2.31. The molecule has 7 nitrogen and oxygen atoms in total. The Balaban J connectivity index is 2.39. The van der Waals surface area contributed by atoms with Crippen molar-refractivity contribution in [2.75, 3.05) is 18.6 Å². The molecule has 1 aliphatic heterocycles. The average molecular weight is 275 g/mol. The van der Waals surface area contributed by atoms with E-state index >= 15 is 0 Å². The molecule has 1 saturated heterocycles. The van der Waals surface area contributed by atoms with E-state index in [0.29, 0.717) is 18.7 Å². The molecule has 0 spiro atoms. The van der Waals surface area contributed by atoms with Crippen molar-refractivity contribution in [3.8, 4) is 6.07 Å². The predicted molar refractivity (Wildman–Crippen MR) is 70.2 cm³/mol. The molecular weight excluding hydrogens is 262 g/mol. The fourth-order valence-corrected chi connectivity index (χ4v) is 2.41. The SMILES string of the molecule is COC(=O)C1CCCN1c1ccc([N+](=O)[O-])cc1C#N. The van der Waals surface area contributed by atoms with E-state index in [-0.39, 0.29) is 17.2 Å². The minimum Gasteiger partial charge on any atom is -0.467 e. The van der Waals surface area contributed by atoms with E-state index in [2.05, 4.69) is 0 Å². The van der Waals surface area contributed by atoms with Crippen LogP contribution in [0.15, 0.2) is 18.2 Å². The van der Waals surface area contributed by atoms with Gasteiger partial charge in [-0.1, -0.05) is 0 Å². The summed E-state index contributed by atoms with van der Waals surface area (Å²) in [5.74, 6) is -0.357. The number of benzene rings is 1. The number of methoxy groups -OCH3 is 1. The zero-order valence-electron chi connectivity index (χ0n) is 10.9. The van der Waals surface area contributed by atoms with Gasteiger partial charge in [-0.15, -0.1) is 0 Å². The van der Waals surface area contributed by atoms with Gasteiger partial charge in [0.1, 0.15) is 12.1 Å². The minimum absolute atomic E-state index is 0.140. The van der Waals surface area contributed by atoms with Crippen molar-refractivity contribution in [3.63, 3.8) is 0 Å². The normalized spacial score (nSPS) is 17.6. The third-order valence-electron chi connectivity index (χ3n) is 3.35. The molecule has 2 rings (SSSR count). The second-order valence-corrected chi connectivity index (χ2v) is 4.44. The van der Waals surface area contributed by atoms with Crippen LogP contribution in [0.1, 0.15) is 18.4 Å². The van der Waals surface area contributed by atoms with Crippen LogP contribution in [0, 0.1) is 21.4 Å². The maximum Gasteiger partial charge on any atom is 0.328 e. The van der Waals surface area contributed by atoms with Crippen molar-refractivity contribution >= 4 is 17.3 Å². The van der Waals surface area contributed by atoms with Crippen molar-refractivity contribution in [1.82, 2.24) is 0 Å². The van der Waals surface area contributed by atoms with Crippen LogP contribution in [0.3, 0.4) is 0 Å². The first-order valence-corrected chi connectivity index (χ1v) is 6.11. The smallest absolute Gasteiger partial charge is 0.328 e. The number of nitriles is 1. The van der Waals surface area contributed by atoms with E-state index in [0.717, 1.165) is 6.42 Å². The van der Waals surface area contributed by atoms with Crippen molar-refractivity contribution < 1.29 is 14.5 Å². The number of non-ortho nitro benzene ring substituents is 1. The second kappa shape index (κ2) is 5.57. The van der Waals surface area contributed by atoms with E-state index in [1.165, 1.54) is 25.3 Å². The third-order valence-corrected chi connectivity index (χ3v) is 3.35. The Labute approximate surface area is 115 Å². The van der Waals surface area contributed by atoms with Gasteiger partial charge in [0.05, 0.1) is 23.3 Å². The van der Waals surface area contributed by atoms with Crippen LogP contribution < -0.4 is 4.90 Å². The molecule has 1 atom stereocenters. The van der Waals surface area contributed by atoms with Crippen LogP contribution in [0.2, 0.25) is 0 Å². The highest BCUT2D eigenvalue weighted by molar-refractivity contribution is 5.82. The molecule has 1 heterocycles. The molecule has 0 radical (unpaired) electrons. The van der Waals surface area contributed by atoms with E-state index in [1.807, 2.05) is 6.07 Å². The highest BCUT2D eigenvalue weighted by atomic mass is 16.6. The lowest BCUT2D eigenvalue weighted by Crippen LogP contribution is -2.37. The van der Waals surface area contributed by atoms with E-state index in [1.54, 1.807) is 4.90 Å². The number of carbonyl (C=O) groups is 1. The molecule has 7 heteroatoms. The maximum absolute atomic E-state index is 11.7. The Hall–Kier alpha value is -2.62. The topological polar surface area (TPSA) is 96.5 Å². The fraction of sp³-hybridized carbons (Fsp3) is 0.385. The van der Waals surface area contributed by atoms with Crippen molar-refractivity contribution in [2.24, 2.45) is 0 Å². The third kappa shape index (κ3) is 2.40. The van der Waals surface area contributed by atoms with Gasteiger partial charge in [-0.3, -0.25) is 10.1 Å². The molecule has 1 unspecified atom stereocenters. The van der Waals surface area contributed by atoms with E-state index in [4.69, 9.17) is 10.00 Å². The summed E-state index contributed by atoms with van der Waals surface area (Å²) in [6.07, 6.45) is 1.45. The average Bonchev–Trinajstić information content (AvgIpc) is 2.94. The molecular formula is C13H13N3O4. The zero-order valence-corrected chi connectivity index (χ0v) is 10.9. The van der Waals surface area contributed by atoms with Gasteiger partial charge in [-0.2, -0.15) is 5.26 Å². The van der Waals surface area contributed by atoms with Gasteiger partial charge in [-0.05, 0) is 18.9 Å².